The van der Waals surface area contributed by atoms with Gasteiger partial charge in [0.25, 0.3) is 0 Å². The maximum Gasteiger partial charge on any atom is 0.201 e. The van der Waals surface area contributed by atoms with Gasteiger partial charge in [0.05, 0.1) is 11.0 Å². The number of anilines is 1. The number of nitrogen functional groups attached to an aromatic ring is 1. The Morgan fingerprint density at radius 1 is 1.42 bits per heavy atom. The monoisotopic (exact) mass is 258 g/mol. The van der Waals surface area contributed by atoms with E-state index in [9.17, 15) is 0 Å². The normalized spacial score (nSPS) is 21.1. The summed E-state index contributed by atoms with van der Waals surface area (Å²) in [7, 11) is 0. The summed E-state index contributed by atoms with van der Waals surface area (Å²) < 4.78 is 2.24. The molecule has 1 atom stereocenters. The molecular formula is C15H22N4. The van der Waals surface area contributed by atoms with Gasteiger partial charge in [-0.25, -0.2) is 4.98 Å². The molecular weight excluding hydrogens is 236 g/mol. The number of para-hydroxylation sites is 1. The molecule has 4 nitrogen and oxygen atoms in total. The highest BCUT2D eigenvalue weighted by Crippen LogP contribution is 2.30. The summed E-state index contributed by atoms with van der Waals surface area (Å²) in [5, 5.41) is 0. The van der Waals surface area contributed by atoms with E-state index in [2.05, 4.69) is 46.5 Å². The molecule has 1 aliphatic heterocycles. The summed E-state index contributed by atoms with van der Waals surface area (Å²) in [5.41, 5.74) is 9.60. The van der Waals surface area contributed by atoms with Gasteiger partial charge in [-0.05, 0) is 44.5 Å². The van der Waals surface area contributed by atoms with Crippen LogP contribution in [-0.2, 0) is 0 Å². The molecule has 1 fully saturated rings. The number of nitrogens with zero attached hydrogens (tertiary/aromatic N) is 3. The zero-order chi connectivity index (χ0) is 13.4. The van der Waals surface area contributed by atoms with Gasteiger partial charge in [-0.15, -0.1) is 0 Å². The number of fused-ring (bicyclic) bond motifs is 1. The molecule has 1 aromatic heterocycles. The van der Waals surface area contributed by atoms with Gasteiger partial charge in [-0.2, -0.15) is 0 Å². The number of likely N-dealkylation sites (N-methyl/N-ethyl adjacent to an activating group) is 1. The number of piperidine rings is 1. The predicted molar refractivity (Wildman–Crippen MR) is 79.3 cm³/mol. The molecule has 19 heavy (non-hydrogen) atoms. The number of hydrogen-bond acceptors (Lipinski definition) is 3. The first kappa shape index (κ1) is 12.5. The highest BCUT2D eigenvalue weighted by molar-refractivity contribution is 5.81. The van der Waals surface area contributed by atoms with E-state index >= 15 is 0 Å². The quantitative estimate of drug-likeness (QED) is 0.900. The molecule has 0 spiro atoms. The zero-order valence-corrected chi connectivity index (χ0v) is 11.8. The van der Waals surface area contributed by atoms with Crippen LogP contribution >= 0.6 is 0 Å². The van der Waals surface area contributed by atoms with Crippen molar-refractivity contribution in [2.45, 2.75) is 32.7 Å². The summed E-state index contributed by atoms with van der Waals surface area (Å²) in [5.74, 6) is 0.659. The van der Waals surface area contributed by atoms with Crippen LogP contribution in [0, 0.1) is 6.92 Å². The van der Waals surface area contributed by atoms with Crippen molar-refractivity contribution in [2.75, 3.05) is 25.4 Å². The van der Waals surface area contributed by atoms with E-state index in [1.54, 1.807) is 0 Å². The molecule has 1 unspecified atom stereocenters. The third kappa shape index (κ3) is 2.10. The first-order valence-electron chi connectivity index (χ1n) is 7.16. The molecule has 0 bridgehead atoms. The Hall–Kier alpha value is -1.55. The molecule has 2 heterocycles. The van der Waals surface area contributed by atoms with Crippen LogP contribution in [0.25, 0.3) is 11.0 Å². The van der Waals surface area contributed by atoms with E-state index in [0.717, 1.165) is 18.6 Å². The van der Waals surface area contributed by atoms with Gasteiger partial charge in [0.1, 0.15) is 0 Å². The third-order valence-corrected chi connectivity index (χ3v) is 4.24. The van der Waals surface area contributed by atoms with E-state index < -0.39 is 0 Å². The van der Waals surface area contributed by atoms with E-state index in [0.29, 0.717) is 12.0 Å². The van der Waals surface area contributed by atoms with Gasteiger partial charge >= 0.3 is 0 Å². The van der Waals surface area contributed by atoms with Gasteiger partial charge in [-0.3, -0.25) is 0 Å². The summed E-state index contributed by atoms with van der Waals surface area (Å²) in [6.07, 6.45) is 2.43. The standard InChI is InChI=1S/C15H22N4/c1-3-18-9-5-7-12(10-18)19-13-8-4-6-11(2)14(13)17-15(19)16/h4,6,8,12H,3,5,7,9-10H2,1-2H3,(H2,16,17). The average Bonchev–Trinajstić information content (AvgIpc) is 2.77. The first-order valence-corrected chi connectivity index (χ1v) is 7.16. The smallest absolute Gasteiger partial charge is 0.201 e. The largest absolute Gasteiger partial charge is 0.369 e. The number of benzene rings is 1. The summed E-state index contributed by atoms with van der Waals surface area (Å²) in [6.45, 7) is 7.72. The second-order valence-electron chi connectivity index (χ2n) is 5.47. The Morgan fingerprint density at radius 3 is 3.05 bits per heavy atom. The Morgan fingerprint density at radius 2 is 2.26 bits per heavy atom. The second kappa shape index (κ2) is 4.85. The van der Waals surface area contributed by atoms with Crippen LogP contribution < -0.4 is 5.73 Å². The van der Waals surface area contributed by atoms with Crippen molar-refractivity contribution in [3.8, 4) is 0 Å². The number of aromatic nitrogens is 2. The number of likely N-dealkylation sites (tertiary alicyclic amines) is 1. The van der Waals surface area contributed by atoms with Crippen LogP contribution in [0.2, 0.25) is 0 Å². The second-order valence-corrected chi connectivity index (χ2v) is 5.47. The predicted octanol–water partition coefficient (Wildman–Crippen LogP) is 2.58. The van der Waals surface area contributed by atoms with E-state index in [4.69, 9.17) is 5.73 Å². The molecule has 0 saturated carbocycles. The molecule has 3 rings (SSSR count). The molecule has 0 aliphatic carbocycles. The summed E-state index contributed by atoms with van der Waals surface area (Å²) in [6, 6.07) is 6.78. The lowest BCUT2D eigenvalue weighted by molar-refractivity contribution is 0.188. The molecule has 0 amide bonds. The minimum Gasteiger partial charge on any atom is -0.369 e. The van der Waals surface area contributed by atoms with Crippen molar-refractivity contribution in [1.29, 1.82) is 0 Å². The van der Waals surface area contributed by atoms with E-state index in [1.807, 2.05) is 0 Å². The van der Waals surface area contributed by atoms with Gasteiger partial charge in [0.2, 0.25) is 5.95 Å². The minimum absolute atomic E-state index is 0.459. The van der Waals surface area contributed by atoms with Gasteiger partial charge in [0.15, 0.2) is 0 Å². The molecule has 1 aromatic carbocycles. The van der Waals surface area contributed by atoms with Crippen LogP contribution in [0.1, 0.15) is 31.4 Å². The molecule has 2 N–H and O–H groups in total. The number of rotatable bonds is 2. The van der Waals surface area contributed by atoms with Crippen LogP contribution in [0.4, 0.5) is 5.95 Å². The average molecular weight is 258 g/mol. The lowest BCUT2D eigenvalue weighted by atomic mass is 10.1. The fraction of sp³-hybridized carbons (Fsp3) is 0.533. The van der Waals surface area contributed by atoms with Crippen molar-refractivity contribution in [3.05, 3.63) is 23.8 Å². The van der Waals surface area contributed by atoms with Crippen molar-refractivity contribution in [1.82, 2.24) is 14.5 Å². The maximum atomic E-state index is 6.17. The lowest BCUT2D eigenvalue weighted by Crippen LogP contribution is -2.36. The van der Waals surface area contributed by atoms with E-state index in [1.165, 1.54) is 30.5 Å². The fourth-order valence-electron chi connectivity index (χ4n) is 3.19. The van der Waals surface area contributed by atoms with Gasteiger partial charge < -0.3 is 15.2 Å². The summed E-state index contributed by atoms with van der Waals surface area (Å²) in [4.78, 5) is 7.06. The lowest BCUT2D eigenvalue weighted by Gasteiger charge is -2.33. The number of aryl methyl sites for hydroxylation is 1. The third-order valence-electron chi connectivity index (χ3n) is 4.24. The maximum absolute atomic E-state index is 6.17. The molecule has 1 saturated heterocycles. The van der Waals surface area contributed by atoms with Gasteiger partial charge in [0, 0.05) is 12.6 Å². The van der Waals surface area contributed by atoms with Crippen LogP contribution in [-0.4, -0.2) is 34.1 Å². The molecule has 1 aliphatic rings. The Kier molecular flexibility index (Phi) is 3.19. The van der Waals surface area contributed by atoms with Crippen LogP contribution in [0.3, 0.4) is 0 Å². The van der Waals surface area contributed by atoms with Crippen molar-refractivity contribution >= 4 is 17.0 Å². The topological polar surface area (TPSA) is 47.1 Å². The van der Waals surface area contributed by atoms with Crippen molar-refractivity contribution < 1.29 is 0 Å². The van der Waals surface area contributed by atoms with E-state index in [-0.39, 0.29) is 0 Å². The number of hydrogen-bond donors (Lipinski definition) is 1. The van der Waals surface area contributed by atoms with Crippen LogP contribution in [0.15, 0.2) is 18.2 Å². The molecule has 2 aromatic rings. The molecule has 4 heteroatoms. The highest BCUT2D eigenvalue weighted by Gasteiger charge is 2.23. The minimum atomic E-state index is 0.459. The Bertz CT molecular complexity index is 587. The van der Waals surface area contributed by atoms with Crippen molar-refractivity contribution in [2.24, 2.45) is 0 Å². The highest BCUT2D eigenvalue weighted by atomic mass is 15.2. The van der Waals surface area contributed by atoms with Gasteiger partial charge in [-0.1, -0.05) is 19.1 Å². The Labute approximate surface area is 114 Å². The van der Waals surface area contributed by atoms with Crippen LogP contribution in [0.5, 0.6) is 0 Å². The molecule has 0 radical (unpaired) electrons. The number of nitrogens with two attached hydrogens (primary N) is 1. The SMILES string of the molecule is CCN1CCCC(n2c(N)nc3c(C)cccc32)C1. The number of imidazole rings is 1. The zero-order valence-electron chi connectivity index (χ0n) is 11.8. The fourth-order valence-corrected chi connectivity index (χ4v) is 3.19. The Balaban J connectivity index is 2.04. The molecule has 102 valence electrons. The van der Waals surface area contributed by atoms with Crippen molar-refractivity contribution in [3.63, 3.8) is 0 Å². The first-order chi connectivity index (χ1) is 9.20. The summed E-state index contributed by atoms with van der Waals surface area (Å²) >= 11 is 0.